The third-order valence-electron chi connectivity index (χ3n) is 3.25. The summed E-state index contributed by atoms with van der Waals surface area (Å²) in [5, 5.41) is 23.0. The van der Waals surface area contributed by atoms with Crippen LogP contribution in [0, 0.1) is 10.1 Å². The van der Waals surface area contributed by atoms with Crippen molar-refractivity contribution in [2.75, 3.05) is 13.2 Å². The normalized spacial score (nSPS) is 10.1. The largest absolute Gasteiger partial charge is 0.508 e. The summed E-state index contributed by atoms with van der Waals surface area (Å²) in [5.74, 6) is 0.676. The number of hydrogen-bond donors (Lipinski definition) is 2. The van der Waals surface area contributed by atoms with Gasteiger partial charge in [-0.1, -0.05) is 0 Å². The van der Waals surface area contributed by atoms with Crippen LogP contribution in [0.1, 0.15) is 12.5 Å². The van der Waals surface area contributed by atoms with E-state index in [4.69, 9.17) is 9.47 Å². The van der Waals surface area contributed by atoms with E-state index < -0.39 is 10.8 Å². The summed E-state index contributed by atoms with van der Waals surface area (Å²) >= 11 is 0. The highest BCUT2D eigenvalue weighted by molar-refractivity contribution is 5.77. The summed E-state index contributed by atoms with van der Waals surface area (Å²) in [7, 11) is 0. The van der Waals surface area contributed by atoms with E-state index in [-0.39, 0.29) is 30.2 Å². The first-order valence-corrected chi connectivity index (χ1v) is 7.58. The summed E-state index contributed by atoms with van der Waals surface area (Å²) in [6, 6.07) is 10.5. The van der Waals surface area contributed by atoms with Gasteiger partial charge >= 0.3 is 0 Å². The van der Waals surface area contributed by atoms with Crippen LogP contribution in [0.3, 0.4) is 0 Å². The molecule has 0 saturated heterocycles. The number of nitrogens with zero attached hydrogens (tertiary/aromatic N) is 1. The highest BCUT2D eigenvalue weighted by Crippen LogP contribution is 2.22. The maximum Gasteiger partial charge on any atom is 0.270 e. The fourth-order valence-corrected chi connectivity index (χ4v) is 2.02. The van der Waals surface area contributed by atoms with Crippen LogP contribution in [-0.2, 0) is 11.3 Å². The van der Waals surface area contributed by atoms with Gasteiger partial charge in [-0.2, -0.15) is 0 Å². The smallest absolute Gasteiger partial charge is 0.270 e. The first-order chi connectivity index (χ1) is 12.0. The second kappa shape index (κ2) is 8.53. The standard InChI is InChI=1S/C17H18N2O6/c1-2-24-14-4-6-15(7-5-14)25-11-17(21)18-10-12-9-13(19(22)23)3-8-16(12)20/h3-9,20H,2,10-11H2,1H3,(H,18,21). The Labute approximate surface area is 144 Å². The van der Waals surface area contributed by atoms with Crippen molar-refractivity contribution in [3.63, 3.8) is 0 Å². The third kappa shape index (κ3) is 5.38. The Bertz CT molecular complexity index is 745. The number of phenolic OH excluding ortho intramolecular Hbond substituents is 1. The molecule has 25 heavy (non-hydrogen) atoms. The minimum absolute atomic E-state index is 0.0427. The molecule has 0 heterocycles. The van der Waals surface area contributed by atoms with Gasteiger partial charge in [0, 0.05) is 24.2 Å². The van der Waals surface area contributed by atoms with Crippen LogP contribution in [0.4, 0.5) is 5.69 Å². The molecule has 8 heteroatoms. The van der Waals surface area contributed by atoms with Crippen LogP contribution in [0.5, 0.6) is 17.2 Å². The molecule has 0 aliphatic carbocycles. The zero-order valence-corrected chi connectivity index (χ0v) is 13.6. The molecule has 0 radical (unpaired) electrons. The number of nitro groups is 1. The van der Waals surface area contributed by atoms with Gasteiger partial charge in [-0.05, 0) is 37.3 Å². The molecule has 0 aliphatic rings. The molecule has 1 amide bonds. The van der Waals surface area contributed by atoms with Crippen molar-refractivity contribution in [2.24, 2.45) is 0 Å². The highest BCUT2D eigenvalue weighted by Gasteiger charge is 2.11. The molecule has 2 aromatic carbocycles. The molecule has 0 fully saturated rings. The van der Waals surface area contributed by atoms with Gasteiger partial charge in [0.05, 0.1) is 11.5 Å². The van der Waals surface area contributed by atoms with Gasteiger partial charge in [-0.15, -0.1) is 0 Å². The molecule has 2 N–H and O–H groups in total. The van der Waals surface area contributed by atoms with E-state index in [1.807, 2.05) is 6.92 Å². The zero-order chi connectivity index (χ0) is 18.2. The summed E-state index contributed by atoms with van der Waals surface area (Å²) in [6.07, 6.45) is 0. The third-order valence-corrected chi connectivity index (χ3v) is 3.25. The van der Waals surface area contributed by atoms with Crippen LogP contribution in [0.15, 0.2) is 42.5 Å². The number of ether oxygens (including phenoxy) is 2. The van der Waals surface area contributed by atoms with Gasteiger partial charge in [-0.3, -0.25) is 14.9 Å². The van der Waals surface area contributed by atoms with Gasteiger partial charge in [0.1, 0.15) is 17.2 Å². The predicted molar refractivity (Wildman–Crippen MR) is 89.7 cm³/mol. The van der Waals surface area contributed by atoms with Crippen LogP contribution < -0.4 is 14.8 Å². The van der Waals surface area contributed by atoms with Gasteiger partial charge < -0.3 is 19.9 Å². The summed E-state index contributed by atoms with van der Waals surface area (Å²) < 4.78 is 10.6. The first-order valence-electron chi connectivity index (χ1n) is 7.58. The van der Waals surface area contributed by atoms with Crippen LogP contribution in [-0.4, -0.2) is 29.2 Å². The lowest BCUT2D eigenvalue weighted by molar-refractivity contribution is -0.384. The van der Waals surface area contributed by atoms with E-state index in [2.05, 4.69) is 5.32 Å². The molecule has 0 atom stereocenters. The number of carbonyl (C=O) groups excluding carboxylic acids is 1. The molecular weight excluding hydrogens is 328 g/mol. The van der Waals surface area contributed by atoms with Crippen LogP contribution >= 0.6 is 0 Å². The molecule has 0 bridgehead atoms. The van der Waals surface area contributed by atoms with Crippen molar-refractivity contribution < 1.29 is 24.3 Å². The fourth-order valence-electron chi connectivity index (χ4n) is 2.02. The van der Waals surface area contributed by atoms with E-state index in [9.17, 15) is 20.0 Å². The number of non-ortho nitro benzene ring substituents is 1. The number of nitrogens with one attached hydrogen (secondary N) is 1. The summed E-state index contributed by atoms with van der Waals surface area (Å²) in [6.45, 7) is 2.18. The number of carbonyl (C=O) groups is 1. The number of phenols is 1. The minimum Gasteiger partial charge on any atom is -0.508 e. The molecule has 8 nitrogen and oxygen atoms in total. The van der Waals surface area contributed by atoms with Crippen molar-refractivity contribution in [3.8, 4) is 17.2 Å². The average molecular weight is 346 g/mol. The number of aromatic hydroxyl groups is 1. The molecule has 2 rings (SSSR count). The quantitative estimate of drug-likeness (QED) is 0.561. The average Bonchev–Trinajstić information content (AvgIpc) is 2.60. The Kier molecular flexibility index (Phi) is 6.16. The summed E-state index contributed by atoms with van der Waals surface area (Å²) in [5.41, 5.74) is 0.0938. The molecule has 0 unspecified atom stereocenters. The first kappa shape index (κ1) is 18.1. The Morgan fingerprint density at radius 1 is 1.16 bits per heavy atom. The minimum atomic E-state index is -0.570. The van der Waals surface area contributed by atoms with Crippen molar-refractivity contribution in [1.82, 2.24) is 5.32 Å². The second-order valence-corrected chi connectivity index (χ2v) is 5.04. The molecular formula is C17H18N2O6. The lowest BCUT2D eigenvalue weighted by Crippen LogP contribution is -2.28. The van der Waals surface area contributed by atoms with Gasteiger partial charge in [0.15, 0.2) is 6.61 Å². The Hall–Kier alpha value is -3.29. The van der Waals surface area contributed by atoms with Gasteiger partial charge in [0.25, 0.3) is 11.6 Å². The maximum atomic E-state index is 11.8. The SMILES string of the molecule is CCOc1ccc(OCC(=O)NCc2cc([N+](=O)[O-])ccc2O)cc1. The number of rotatable bonds is 8. The molecule has 0 aliphatic heterocycles. The van der Waals surface area contributed by atoms with E-state index in [1.54, 1.807) is 24.3 Å². The molecule has 0 aromatic heterocycles. The molecule has 0 spiro atoms. The number of hydrogen-bond acceptors (Lipinski definition) is 6. The van der Waals surface area contributed by atoms with E-state index >= 15 is 0 Å². The van der Waals surface area contributed by atoms with Gasteiger partial charge in [0.2, 0.25) is 0 Å². The van der Waals surface area contributed by atoms with Crippen molar-refractivity contribution in [3.05, 3.63) is 58.1 Å². The Morgan fingerprint density at radius 3 is 2.40 bits per heavy atom. The van der Waals surface area contributed by atoms with Crippen LogP contribution in [0.2, 0.25) is 0 Å². The predicted octanol–water partition coefficient (Wildman–Crippen LogP) is 2.39. The number of benzene rings is 2. The maximum absolute atomic E-state index is 11.8. The molecule has 2 aromatic rings. The molecule has 132 valence electrons. The zero-order valence-electron chi connectivity index (χ0n) is 13.6. The lowest BCUT2D eigenvalue weighted by atomic mass is 10.2. The topological polar surface area (TPSA) is 111 Å². The van der Waals surface area contributed by atoms with Crippen LogP contribution in [0.25, 0.3) is 0 Å². The van der Waals surface area contributed by atoms with E-state index in [0.717, 1.165) is 0 Å². The second-order valence-electron chi connectivity index (χ2n) is 5.04. The summed E-state index contributed by atoms with van der Waals surface area (Å²) in [4.78, 5) is 22.0. The van der Waals surface area contributed by atoms with Crippen molar-refractivity contribution in [2.45, 2.75) is 13.5 Å². The van der Waals surface area contributed by atoms with E-state index in [0.29, 0.717) is 18.1 Å². The van der Waals surface area contributed by atoms with E-state index in [1.165, 1.54) is 18.2 Å². The highest BCUT2D eigenvalue weighted by atomic mass is 16.6. The molecule has 0 saturated carbocycles. The fraction of sp³-hybridized carbons (Fsp3) is 0.235. The van der Waals surface area contributed by atoms with Crippen molar-refractivity contribution >= 4 is 11.6 Å². The van der Waals surface area contributed by atoms with Crippen molar-refractivity contribution in [1.29, 1.82) is 0 Å². The Morgan fingerprint density at radius 2 is 1.80 bits per heavy atom. The number of amides is 1. The lowest BCUT2D eigenvalue weighted by Gasteiger charge is -2.09. The monoisotopic (exact) mass is 346 g/mol. The van der Waals surface area contributed by atoms with Gasteiger partial charge in [-0.25, -0.2) is 0 Å². The number of nitro benzene ring substituents is 1. The Balaban J connectivity index is 1.84.